The third-order valence-electron chi connectivity index (χ3n) is 5.17. The van der Waals surface area contributed by atoms with Crippen molar-refractivity contribution >= 4 is 11.6 Å². The van der Waals surface area contributed by atoms with E-state index in [4.69, 9.17) is 21.1 Å². The van der Waals surface area contributed by atoms with E-state index in [9.17, 15) is 20.4 Å². The Morgan fingerprint density at radius 2 is 1.59 bits per heavy atom. The van der Waals surface area contributed by atoms with Crippen LogP contribution in [0.25, 0.3) is 0 Å². The molecule has 0 radical (unpaired) electrons. The fourth-order valence-electron chi connectivity index (χ4n) is 3.56. The highest BCUT2D eigenvalue weighted by molar-refractivity contribution is 6.31. The zero-order valence-corrected chi connectivity index (χ0v) is 17.0. The van der Waals surface area contributed by atoms with Crippen LogP contribution in [0.3, 0.4) is 0 Å². The number of hydrogen-bond donors (Lipinski definition) is 4. The van der Waals surface area contributed by atoms with Gasteiger partial charge in [0.1, 0.15) is 30.2 Å². The van der Waals surface area contributed by atoms with E-state index in [0.717, 1.165) is 22.4 Å². The van der Waals surface area contributed by atoms with Crippen molar-refractivity contribution in [2.45, 2.75) is 50.3 Å². The van der Waals surface area contributed by atoms with E-state index in [0.29, 0.717) is 24.5 Å². The third kappa shape index (κ3) is 5.28. The second-order valence-electron chi connectivity index (χ2n) is 7.25. The van der Waals surface area contributed by atoms with E-state index >= 15 is 0 Å². The van der Waals surface area contributed by atoms with E-state index in [1.807, 2.05) is 43.3 Å². The minimum Gasteiger partial charge on any atom is -0.494 e. The first-order valence-electron chi connectivity index (χ1n) is 9.72. The normalized spacial score (nSPS) is 27.0. The van der Waals surface area contributed by atoms with Crippen molar-refractivity contribution < 1.29 is 29.9 Å². The van der Waals surface area contributed by atoms with Crippen LogP contribution < -0.4 is 4.74 Å². The molecule has 2 aromatic carbocycles. The summed E-state index contributed by atoms with van der Waals surface area (Å²) in [5, 5.41) is 40.1. The minimum atomic E-state index is -1.37. The largest absolute Gasteiger partial charge is 0.494 e. The van der Waals surface area contributed by atoms with E-state index in [-0.39, 0.29) is 0 Å². The fourth-order valence-corrected chi connectivity index (χ4v) is 3.74. The number of halogens is 1. The molecular weight excluding hydrogens is 396 g/mol. The Morgan fingerprint density at radius 1 is 0.931 bits per heavy atom. The predicted molar refractivity (Wildman–Crippen MR) is 109 cm³/mol. The van der Waals surface area contributed by atoms with Gasteiger partial charge >= 0.3 is 0 Å². The molecule has 0 amide bonds. The molecule has 4 N–H and O–H groups in total. The molecule has 1 saturated heterocycles. The van der Waals surface area contributed by atoms with Crippen molar-refractivity contribution in [1.29, 1.82) is 0 Å². The molecule has 0 unspecified atom stereocenters. The number of aliphatic hydroxyl groups is 4. The molecule has 2 aromatic rings. The summed E-state index contributed by atoms with van der Waals surface area (Å²) in [6.45, 7) is 2.12. The van der Waals surface area contributed by atoms with Crippen LogP contribution in [0.15, 0.2) is 42.5 Å². The van der Waals surface area contributed by atoms with Crippen LogP contribution in [0.4, 0.5) is 0 Å². The Labute approximate surface area is 175 Å². The molecule has 5 atom stereocenters. The second-order valence-corrected chi connectivity index (χ2v) is 7.66. The topological polar surface area (TPSA) is 99.4 Å². The summed E-state index contributed by atoms with van der Waals surface area (Å²) in [6, 6.07) is 13.4. The van der Waals surface area contributed by atoms with Gasteiger partial charge in [0.25, 0.3) is 0 Å². The molecule has 3 rings (SSSR count). The van der Waals surface area contributed by atoms with Crippen molar-refractivity contribution in [3.63, 3.8) is 0 Å². The fraction of sp³-hybridized carbons (Fsp3) is 0.455. The first kappa shape index (κ1) is 22.0. The van der Waals surface area contributed by atoms with Gasteiger partial charge in [0.05, 0.1) is 19.3 Å². The highest BCUT2D eigenvalue weighted by Crippen LogP contribution is 2.27. The number of rotatable bonds is 7. The molecule has 1 fully saturated rings. The van der Waals surface area contributed by atoms with Crippen molar-refractivity contribution in [3.05, 3.63) is 64.2 Å². The maximum absolute atomic E-state index is 10.3. The average Bonchev–Trinajstić information content (AvgIpc) is 2.72. The Balaban J connectivity index is 1.73. The molecule has 29 heavy (non-hydrogen) atoms. The van der Waals surface area contributed by atoms with Crippen molar-refractivity contribution in [2.24, 2.45) is 0 Å². The van der Waals surface area contributed by atoms with Gasteiger partial charge in [-0.05, 0) is 48.2 Å². The van der Waals surface area contributed by atoms with Gasteiger partial charge in [-0.2, -0.15) is 0 Å². The van der Waals surface area contributed by atoms with Gasteiger partial charge in [0.2, 0.25) is 0 Å². The lowest BCUT2D eigenvalue weighted by atomic mass is 9.91. The monoisotopic (exact) mass is 422 g/mol. The van der Waals surface area contributed by atoms with Crippen molar-refractivity contribution in [2.75, 3.05) is 13.2 Å². The van der Waals surface area contributed by atoms with Crippen LogP contribution in [0.1, 0.15) is 23.6 Å². The van der Waals surface area contributed by atoms with Gasteiger partial charge in [-0.1, -0.05) is 35.9 Å². The van der Waals surface area contributed by atoms with Crippen LogP contribution >= 0.6 is 11.6 Å². The van der Waals surface area contributed by atoms with Crippen LogP contribution in [-0.4, -0.2) is 64.2 Å². The van der Waals surface area contributed by atoms with Crippen LogP contribution in [-0.2, 0) is 17.6 Å². The Morgan fingerprint density at radius 3 is 2.24 bits per heavy atom. The average molecular weight is 423 g/mol. The van der Waals surface area contributed by atoms with Gasteiger partial charge in [-0.3, -0.25) is 0 Å². The number of benzene rings is 2. The standard InChI is InChI=1S/C22H27ClO6/c1-2-28-16-6-3-13(4-7-16)9-15-10-14(5-8-17(15)23)11-18-20(25)22(27)21(26)19(12-24)29-18/h3-8,10,18-22,24-27H,2,9,11-12H2,1H3/t18-,19+,20-,21+,22+/m0/s1. The summed E-state index contributed by atoms with van der Waals surface area (Å²) in [5.74, 6) is 0.818. The van der Waals surface area contributed by atoms with Crippen molar-refractivity contribution in [1.82, 2.24) is 0 Å². The van der Waals surface area contributed by atoms with E-state index in [1.165, 1.54) is 0 Å². The highest BCUT2D eigenvalue weighted by Gasteiger charge is 2.43. The van der Waals surface area contributed by atoms with Gasteiger partial charge < -0.3 is 29.9 Å². The first-order chi connectivity index (χ1) is 13.9. The smallest absolute Gasteiger partial charge is 0.119 e. The van der Waals surface area contributed by atoms with Crippen LogP contribution in [0.5, 0.6) is 5.75 Å². The summed E-state index contributed by atoms with van der Waals surface area (Å²) in [5.41, 5.74) is 2.89. The molecule has 7 heteroatoms. The quantitative estimate of drug-likeness (QED) is 0.542. The van der Waals surface area contributed by atoms with E-state index in [1.54, 1.807) is 6.07 Å². The molecule has 1 heterocycles. The van der Waals surface area contributed by atoms with Gasteiger partial charge in [0, 0.05) is 11.4 Å². The lowest BCUT2D eigenvalue weighted by Crippen LogP contribution is -2.59. The van der Waals surface area contributed by atoms with Gasteiger partial charge in [0.15, 0.2) is 0 Å². The predicted octanol–water partition coefficient (Wildman–Crippen LogP) is 1.71. The minimum absolute atomic E-state index is 0.314. The molecule has 1 aliphatic heterocycles. The van der Waals surface area contributed by atoms with Gasteiger partial charge in [-0.15, -0.1) is 0 Å². The molecule has 0 spiro atoms. The third-order valence-corrected chi connectivity index (χ3v) is 5.54. The van der Waals surface area contributed by atoms with Crippen LogP contribution in [0.2, 0.25) is 5.02 Å². The zero-order valence-electron chi connectivity index (χ0n) is 16.2. The molecule has 0 saturated carbocycles. The maximum atomic E-state index is 10.3. The van der Waals surface area contributed by atoms with Crippen molar-refractivity contribution in [3.8, 4) is 5.75 Å². The van der Waals surface area contributed by atoms with Gasteiger partial charge in [-0.25, -0.2) is 0 Å². The Kier molecular flexibility index (Phi) is 7.51. The molecule has 1 aliphatic rings. The molecule has 0 aromatic heterocycles. The lowest BCUT2D eigenvalue weighted by molar-refractivity contribution is -0.228. The number of aliphatic hydroxyl groups excluding tert-OH is 4. The SMILES string of the molecule is CCOc1ccc(Cc2cc(C[C@@H]3O[C@H](CO)[C@@H](O)[C@H](O)[C@H]3O)ccc2Cl)cc1. The summed E-state index contributed by atoms with van der Waals surface area (Å²) in [7, 11) is 0. The summed E-state index contributed by atoms with van der Waals surface area (Å²) >= 11 is 6.38. The van der Waals surface area contributed by atoms with Crippen LogP contribution in [0, 0.1) is 0 Å². The van der Waals surface area contributed by atoms with E-state index in [2.05, 4.69) is 0 Å². The molecule has 0 aliphatic carbocycles. The maximum Gasteiger partial charge on any atom is 0.119 e. The van der Waals surface area contributed by atoms with E-state index < -0.39 is 37.1 Å². The molecule has 158 valence electrons. The Bertz CT molecular complexity index is 794. The lowest BCUT2D eigenvalue weighted by Gasteiger charge is -2.40. The zero-order chi connectivity index (χ0) is 21.0. The second kappa shape index (κ2) is 9.89. The first-order valence-corrected chi connectivity index (χ1v) is 10.1. The summed E-state index contributed by atoms with van der Waals surface area (Å²) < 4.78 is 11.1. The molecule has 0 bridgehead atoms. The summed E-state index contributed by atoms with van der Waals surface area (Å²) in [6.07, 6.45) is -4.69. The molecular formula is C22H27ClO6. The number of ether oxygens (including phenoxy) is 2. The molecule has 6 nitrogen and oxygen atoms in total. The highest BCUT2D eigenvalue weighted by atomic mass is 35.5. The Hall–Kier alpha value is -1.67. The number of hydrogen-bond acceptors (Lipinski definition) is 6. The summed E-state index contributed by atoms with van der Waals surface area (Å²) in [4.78, 5) is 0.